The number of hydrogen-bond acceptors (Lipinski definition) is 2. The van der Waals surface area contributed by atoms with Gasteiger partial charge >= 0.3 is 0 Å². The Labute approximate surface area is 192 Å². The number of carbonyl (C=O) groups is 1. The van der Waals surface area contributed by atoms with Crippen LogP contribution in [0.25, 0.3) is 11.1 Å². The second-order valence-corrected chi connectivity index (χ2v) is 8.34. The van der Waals surface area contributed by atoms with Crippen LogP contribution >= 0.6 is 39.1 Å². The van der Waals surface area contributed by atoms with E-state index in [1.54, 1.807) is 35.1 Å². The third-order valence-corrected chi connectivity index (χ3v) is 5.85. The summed E-state index contributed by atoms with van der Waals surface area (Å²) in [7, 11) is 0. The van der Waals surface area contributed by atoms with Gasteiger partial charge < -0.3 is 5.32 Å². The molecule has 0 atom stereocenters. The van der Waals surface area contributed by atoms with Crippen molar-refractivity contribution in [2.75, 3.05) is 5.32 Å². The van der Waals surface area contributed by atoms with Crippen LogP contribution in [-0.4, -0.2) is 15.7 Å². The Bertz CT molecular complexity index is 1190. The van der Waals surface area contributed by atoms with E-state index >= 15 is 0 Å². The van der Waals surface area contributed by atoms with Crippen molar-refractivity contribution in [3.63, 3.8) is 0 Å². The number of nitrogens with zero attached hydrogens (tertiary/aromatic N) is 2. The van der Waals surface area contributed by atoms with Gasteiger partial charge in [0.15, 0.2) is 5.82 Å². The predicted molar refractivity (Wildman–Crippen MR) is 125 cm³/mol. The Hall–Kier alpha value is -2.60. The summed E-state index contributed by atoms with van der Waals surface area (Å²) in [6, 6.07) is 22.9. The highest BCUT2D eigenvalue weighted by Gasteiger charge is 2.13. The summed E-state index contributed by atoms with van der Waals surface area (Å²) in [5, 5.41) is 8.30. The van der Waals surface area contributed by atoms with E-state index in [9.17, 15) is 4.79 Å². The summed E-state index contributed by atoms with van der Waals surface area (Å²) in [5.74, 6) is 0.224. The molecule has 1 heterocycles. The van der Waals surface area contributed by atoms with E-state index in [1.165, 1.54) is 0 Å². The minimum atomic E-state index is -0.227. The molecule has 1 amide bonds. The summed E-state index contributed by atoms with van der Waals surface area (Å²) in [4.78, 5) is 12.7. The minimum Gasteiger partial charge on any atom is -0.304 e. The number of amides is 1. The van der Waals surface area contributed by atoms with Gasteiger partial charge in [-0.2, -0.15) is 5.10 Å². The average molecular weight is 501 g/mol. The number of aromatic nitrogens is 2. The second kappa shape index (κ2) is 9.04. The Morgan fingerprint density at radius 3 is 2.33 bits per heavy atom. The molecule has 0 aliphatic carbocycles. The Morgan fingerprint density at radius 2 is 1.63 bits per heavy atom. The molecule has 4 nitrogen and oxygen atoms in total. The molecular weight excluding hydrogens is 485 g/mol. The first kappa shape index (κ1) is 20.7. The van der Waals surface area contributed by atoms with Crippen LogP contribution < -0.4 is 5.32 Å². The van der Waals surface area contributed by atoms with Crippen LogP contribution in [0.1, 0.15) is 15.9 Å². The quantitative estimate of drug-likeness (QED) is 0.323. The summed E-state index contributed by atoms with van der Waals surface area (Å²) in [6.45, 7) is 0.497. The highest BCUT2D eigenvalue weighted by molar-refractivity contribution is 9.10. The Balaban J connectivity index is 1.46. The van der Waals surface area contributed by atoms with Gasteiger partial charge in [-0.3, -0.25) is 9.48 Å². The molecule has 0 aliphatic rings. The first-order chi connectivity index (χ1) is 14.5. The van der Waals surface area contributed by atoms with E-state index < -0.39 is 0 Å². The minimum absolute atomic E-state index is 0.227. The monoisotopic (exact) mass is 499 g/mol. The SMILES string of the molecule is O=C(Nc1nn(Cc2ccc(Cl)c(Cl)c2)cc1Br)c1ccc(-c2ccccc2)cc1. The molecule has 0 radical (unpaired) electrons. The fourth-order valence-electron chi connectivity index (χ4n) is 3.01. The van der Waals surface area contributed by atoms with Crippen LogP contribution in [0.2, 0.25) is 10.0 Å². The summed E-state index contributed by atoms with van der Waals surface area (Å²) in [6.07, 6.45) is 1.80. The summed E-state index contributed by atoms with van der Waals surface area (Å²) >= 11 is 15.5. The van der Waals surface area contributed by atoms with Gasteiger partial charge in [0.1, 0.15) is 0 Å². The van der Waals surface area contributed by atoms with Crippen molar-refractivity contribution >= 4 is 50.9 Å². The smallest absolute Gasteiger partial charge is 0.256 e. The molecule has 30 heavy (non-hydrogen) atoms. The zero-order valence-corrected chi connectivity index (χ0v) is 18.7. The van der Waals surface area contributed by atoms with Crippen molar-refractivity contribution in [3.8, 4) is 11.1 Å². The highest BCUT2D eigenvalue weighted by atomic mass is 79.9. The Morgan fingerprint density at radius 1 is 0.933 bits per heavy atom. The van der Waals surface area contributed by atoms with Crippen LogP contribution in [0.4, 0.5) is 5.82 Å². The van der Waals surface area contributed by atoms with Gasteiger partial charge in [-0.15, -0.1) is 0 Å². The zero-order chi connectivity index (χ0) is 21.1. The lowest BCUT2D eigenvalue weighted by atomic mass is 10.0. The molecule has 0 aliphatic heterocycles. The molecule has 4 rings (SSSR count). The van der Waals surface area contributed by atoms with E-state index in [2.05, 4.69) is 26.3 Å². The van der Waals surface area contributed by atoms with E-state index in [0.29, 0.717) is 32.4 Å². The molecule has 1 N–H and O–H groups in total. The van der Waals surface area contributed by atoms with E-state index in [1.807, 2.05) is 48.5 Å². The van der Waals surface area contributed by atoms with Gasteiger partial charge in [-0.1, -0.05) is 71.7 Å². The number of rotatable bonds is 5. The third-order valence-electron chi connectivity index (χ3n) is 4.53. The Kier molecular flexibility index (Phi) is 6.23. The van der Waals surface area contributed by atoms with Gasteiger partial charge in [0, 0.05) is 11.8 Å². The van der Waals surface area contributed by atoms with Gasteiger partial charge in [0.25, 0.3) is 5.91 Å². The second-order valence-electron chi connectivity index (χ2n) is 6.67. The van der Waals surface area contributed by atoms with Gasteiger partial charge in [-0.05, 0) is 56.9 Å². The van der Waals surface area contributed by atoms with Crippen LogP contribution in [-0.2, 0) is 6.54 Å². The van der Waals surface area contributed by atoms with Crippen molar-refractivity contribution in [2.24, 2.45) is 0 Å². The third kappa shape index (κ3) is 4.75. The average Bonchev–Trinajstić information content (AvgIpc) is 3.10. The molecular formula is C23H16BrCl2N3O. The summed E-state index contributed by atoms with van der Waals surface area (Å²) in [5.41, 5.74) is 3.67. The molecule has 7 heteroatoms. The number of nitrogens with one attached hydrogen (secondary N) is 1. The number of carbonyl (C=O) groups excluding carboxylic acids is 1. The molecule has 0 unspecified atom stereocenters. The molecule has 150 valence electrons. The normalized spacial score (nSPS) is 10.8. The first-order valence-electron chi connectivity index (χ1n) is 9.13. The maximum Gasteiger partial charge on any atom is 0.256 e. The molecule has 0 saturated heterocycles. The van der Waals surface area contributed by atoms with Gasteiger partial charge in [-0.25, -0.2) is 0 Å². The van der Waals surface area contributed by atoms with Crippen molar-refractivity contribution in [3.05, 3.63) is 105 Å². The lowest BCUT2D eigenvalue weighted by Gasteiger charge is -2.06. The fraction of sp³-hybridized carbons (Fsp3) is 0.0435. The van der Waals surface area contributed by atoms with Crippen LogP contribution in [0.3, 0.4) is 0 Å². The molecule has 0 bridgehead atoms. The van der Waals surface area contributed by atoms with Gasteiger partial charge in [0.2, 0.25) is 0 Å². The van der Waals surface area contributed by atoms with Crippen molar-refractivity contribution < 1.29 is 4.79 Å². The molecule has 0 saturated carbocycles. The van der Waals surface area contributed by atoms with Crippen molar-refractivity contribution in [2.45, 2.75) is 6.54 Å². The van der Waals surface area contributed by atoms with Crippen molar-refractivity contribution in [1.29, 1.82) is 0 Å². The highest BCUT2D eigenvalue weighted by Crippen LogP contribution is 2.25. The maximum absolute atomic E-state index is 12.7. The van der Waals surface area contributed by atoms with E-state index in [4.69, 9.17) is 23.2 Å². The zero-order valence-electron chi connectivity index (χ0n) is 15.6. The van der Waals surface area contributed by atoms with Gasteiger partial charge in [0.05, 0.1) is 21.1 Å². The summed E-state index contributed by atoms with van der Waals surface area (Å²) < 4.78 is 2.41. The fourth-order valence-corrected chi connectivity index (χ4v) is 3.75. The lowest BCUT2D eigenvalue weighted by molar-refractivity contribution is 0.102. The standard InChI is InChI=1S/C23H16BrCl2N3O/c24-19-14-29(13-15-6-11-20(25)21(26)12-15)28-22(19)27-23(30)18-9-7-17(8-10-18)16-4-2-1-3-5-16/h1-12,14H,13H2,(H,27,28,30). The van der Waals surface area contributed by atoms with E-state index in [0.717, 1.165) is 16.7 Å². The topological polar surface area (TPSA) is 46.9 Å². The number of halogens is 3. The molecule has 0 spiro atoms. The number of hydrogen-bond donors (Lipinski definition) is 1. The number of benzene rings is 3. The predicted octanol–water partition coefficient (Wildman–Crippen LogP) is 6.92. The van der Waals surface area contributed by atoms with E-state index in [-0.39, 0.29) is 5.91 Å². The molecule has 0 fully saturated rings. The largest absolute Gasteiger partial charge is 0.304 e. The van der Waals surface area contributed by atoms with Crippen LogP contribution in [0.5, 0.6) is 0 Å². The van der Waals surface area contributed by atoms with Crippen LogP contribution in [0, 0.1) is 0 Å². The number of anilines is 1. The molecule has 1 aromatic heterocycles. The molecule has 3 aromatic carbocycles. The first-order valence-corrected chi connectivity index (χ1v) is 10.7. The lowest BCUT2D eigenvalue weighted by Crippen LogP contribution is -2.13. The maximum atomic E-state index is 12.7. The molecule has 4 aromatic rings. The van der Waals surface area contributed by atoms with Crippen molar-refractivity contribution in [1.82, 2.24) is 9.78 Å². The van der Waals surface area contributed by atoms with Crippen LogP contribution in [0.15, 0.2) is 83.5 Å².